The molecule has 1 aromatic carbocycles. The standard InChI is InChI=1S/C24H24O13/c1-10(25)32-9-18-21(33-11(2)26)22(34-12(3)27)23(35-13(4)28)24(37-18)36-17-8-16(30)14-6-5-7-15(29)19(14)20(17)31/h5-8,18,21-24,29H,9H2,1-4H3/t18-,21-,22+,23-,24+/m1/s1. The predicted molar refractivity (Wildman–Crippen MR) is 118 cm³/mol. The Bertz CT molecular complexity index is 1170. The lowest BCUT2D eigenvalue weighted by atomic mass is 9.92. The monoisotopic (exact) mass is 520 g/mol. The van der Waals surface area contributed by atoms with E-state index in [-0.39, 0.29) is 11.1 Å². The first-order valence-corrected chi connectivity index (χ1v) is 11.0. The molecular formula is C24H24O13. The Morgan fingerprint density at radius 3 is 2.05 bits per heavy atom. The lowest BCUT2D eigenvalue weighted by Crippen LogP contribution is -2.63. The van der Waals surface area contributed by atoms with Crippen molar-refractivity contribution >= 4 is 35.4 Å². The number of benzene rings is 1. The van der Waals surface area contributed by atoms with Crippen molar-refractivity contribution in [3.63, 3.8) is 0 Å². The van der Waals surface area contributed by atoms with Gasteiger partial charge < -0.3 is 33.5 Å². The Kier molecular flexibility index (Phi) is 8.28. The van der Waals surface area contributed by atoms with Gasteiger partial charge >= 0.3 is 23.9 Å². The second-order valence-electron chi connectivity index (χ2n) is 8.09. The maximum Gasteiger partial charge on any atom is 0.303 e. The summed E-state index contributed by atoms with van der Waals surface area (Å²) in [5.74, 6) is -5.83. The number of carbonyl (C=O) groups excluding carboxylic acids is 6. The van der Waals surface area contributed by atoms with Crippen LogP contribution in [0.25, 0.3) is 0 Å². The molecule has 0 radical (unpaired) electrons. The molecule has 13 nitrogen and oxygen atoms in total. The van der Waals surface area contributed by atoms with Gasteiger partial charge in [0.2, 0.25) is 18.2 Å². The van der Waals surface area contributed by atoms with Crippen molar-refractivity contribution in [1.82, 2.24) is 0 Å². The van der Waals surface area contributed by atoms with Crippen molar-refractivity contribution < 1.29 is 62.3 Å². The van der Waals surface area contributed by atoms with Crippen LogP contribution in [-0.4, -0.2) is 77.9 Å². The highest BCUT2D eigenvalue weighted by Crippen LogP contribution is 2.34. The van der Waals surface area contributed by atoms with Gasteiger partial charge in [-0.25, -0.2) is 0 Å². The SMILES string of the molecule is CC(=O)OC[C@H]1O[C@H](OC2=CC(=O)c3cccc(O)c3C2=O)[C@H](OC(C)=O)[C@@H](OC(C)=O)[C@@H]1OC(C)=O. The van der Waals surface area contributed by atoms with Gasteiger partial charge in [0.05, 0.1) is 5.56 Å². The Morgan fingerprint density at radius 2 is 1.46 bits per heavy atom. The minimum Gasteiger partial charge on any atom is -0.507 e. The zero-order valence-corrected chi connectivity index (χ0v) is 20.2. The molecular weight excluding hydrogens is 496 g/mol. The van der Waals surface area contributed by atoms with Gasteiger partial charge in [-0.3, -0.25) is 28.8 Å². The highest BCUT2D eigenvalue weighted by atomic mass is 16.7. The van der Waals surface area contributed by atoms with Crippen molar-refractivity contribution in [2.45, 2.75) is 58.4 Å². The molecule has 0 bridgehead atoms. The molecule has 2 aliphatic rings. The molecule has 0 unspecified atom stereocenters. The van der Waals surface area contributed by atoms with E-state index in [1.807, 2.05) is 0 Å². The number of esters is 4. The van der Waals surface area contributed by atoms with Crippen LogP contribution in [0.4, 0.5) is 0 Å². The van der Waals surface area contributed by atoms with Crippen LogP contribution in [0.5, 0.6) is 5.75 Å². The average Bonchev–Trinajstić information content (AvgIpc) is 2.78. The Labute approximate surface area is 210 Å². The van der Waals surface area contributed by atoms with Crippen LogP contribution in [0.1, 0.15) is 48.4 Å². The number of aromatic hydroxyl groups is 1. The number of ketones is 2. The number of phenols is 1. The molecule has 37 heavy (non-hydrogen) atoms. The zero-order valence-electron chi connectivity index (χ0n) is 20.2. The van der Waals surface area contributed by atoms with Crippen molar-refractivity contribution in [1.29, 1.82) is 0 Å². The normalized spacial score (nSPS) is 24.8. The van der Waals surface area contributed by atoms with Gasteiger partial charge in [0.25, 0.3) is 0 Å². The van der Waals surface area contributed by atoms with Crippen molar-refractivity contribution in [2.24, 2.45) is 0 Å². The van der Waals surface area contributed by atoms with Crippen molar-refractivity contribution in [3.05, 3.63) is 41.2 Å². The number of hydrogen-bond donors (Lipinski definition) is 1. The first-order valence-electron chi connectivity index (χ1n) is 11.0. The summed E-state index contributed by atoms with van der Waals surface area (Å²) in [7, 11) is 0. The third-order valence-corrected chi connectivity index (χ3v) is 5.21. The topological polar surface area (TPSA) is 178 Å². The van der Waals surface area contributed by atoms with Gasteiger partial charge in [-0.05, 0) is 6.07 Å². The van der Waals surface area contributed by atoms with E-state index in [0.717, 1.165) is 33.8 Å². The molecule has 198 valence electrons. The maximum absolute atomic E-state index is 13.1. The number of Topliss-reactive ketones (excluding diaryl/α,β-unsaturated/α-hetero) is 1. The number of allylic oxidation sites excluding steroid dienone is 2. The molecule has 3 rings (SSSR count). The van der Waals surface area contributed by atoms with Crippen LogP contribution in [0.3, 0.4) is 0 Å². The van der Waals surface area contributed by atoms with E-state index in [0.29, 0.717) is 0 Å². The molecule has 0 saturated carbocycles. The Morgan fingerprint density at radius 1 is 0.865 bits per heavy atom. The maximum atomic E-state index is 13.1. The molecule has 1 fully saturated rings. The largest absolute Gasteiger partial charge is 0.507 e. The zero-order chi connectivity index (χ0) is 27.4. The number of carbonyl (C=O) groups is 6. The van der Waals surface area contributed by atoms with E-state index in [4.69, 9.17) is 28.4 Å². The smallest absolute Gasteiger partial charge is 0.303 e. The van der Waals surface area contributed by atoms with Gasteiger partial charge in [-0.1, -0.05) is 12.1 Å². The second-order valence-corrected chi connectivity index (χ2v) is 8.09. The molecule has 13 heteroatoms. The lowest BCUT2D eigenvalue weighted by Gasteiger charge is -2.44. The summed E-state index contributed by atoms with van der Waals surface area (Å²) in [6.07, 6.45) is -6.72. The summed E-state index contributed by atoms with van der Waals surface area (Å²) in [5.41, 5.74) is -0.366. The van der Waals surface area contributed by atoms with Crippen LogP contribution in [0.15, 0.2) is 30.0 Å². The molecule has 1 aliphatic heterocycles. The fraction of sp³-hybridized carbons (Fsp3) is 0.417. The van der Waals surface area contributed by atoms with Crippen LogP contribution in [-0.2, 0) is 47.6 Å². The van der Waals surface area contributed by atoms with E-state index in [2.05, 4.69) is 0 Å². The van der Waals surface area contributed by atoms with Gasteiger partial charge in [0.15, 0.2) is 23.8 Å². The molecule has 1 heterocycles. The summed E-state index contributed by atoms with van der Waals surface area (Å²) >= 11 is 0. The van der Waals surface area contributed by atoms with Crippen LogP contribution in [0.2, 0.25) is 0 Å². The first kappa shape index (κ1) is 27.3. The van der Waals surface area contributed by atoms with Gasteiger partial charge in [-0.15, -0.1) is 0 Å². The fourth-order valence-electron chi connectivity index (χ4n) is 3.87. The number of fused-ring (bicyclic) bond motifs is 1. The van der Waals surface area contributed by atoms with E-state index < -0.39 is 84.3 Å². The Balaban J connectivity index is 2.03. The molecule has 0 spiro atoms. The highest BCUT2D eigenvalue weighted by molar-refractivity contribution is 6.24. The Hall–Kier alpha value is -4.26. The van der Waals surface area contributed by atoms with Crippen LogP contribution >= 0.6 is 0 Å². The number of phenolic OH excluding ortho intramolecular Hbond substituents is 1. The van der Waals surface area contributed by atoms with Gasteiger partial charge in [0, 0.05) is 39.3 Å². The predicted octanol–water partition coefficient (Wildman–Crippen LogP) is 0.755. The molecule has 1 N–H and O–H groups in total. The number of ether oxygens (including phenoxy) is 6. The molecule has 5 atom stereocenters. The first-order chi connectivity index (χ1) is 17.4. The summed E-state index contributed by atoms with van der Waals surface area (Å²) in [6, 6.07) is 3.94. The van der Waals surface area contributed by atoms with Gasteiger partial charge in [0.1, 0.15) is 18.5 Å². The van der Waals surface area contributed by atoms with Crippen molar-refractivity contribution in [3.8, 4) is 5.75 Å². The fourth-order valence-corrected chi connectivity index (χ4v) is 3.87. The number of hydrogen-bond acceptors (Lipinski definition) is 13. The van der Waals surface area contributed by atoms with E-state index in [9.17, 15) is 33.9 Å². The highest BCUT2D eigenvalue weighted by Gasteiger charge is 2.54. The molecule has 0 amide bonds. The lowest BCUT2D eigenvalue weighted by molar-refractivity contribution is -0.298. The van der Waals surface area contributed by atoms with E-state index >= 15 is 0 Å². The molecule has 1 aliphatic carbocycles. The molecule has 1 saturated heterocycles. The molecule has 0 aromatic heterocycles. The second kappa shape index (κ2) is 11.2. The summed E-state index contributed by atoms with van der Waals surface area (Å²) < 4.78 is 32.2. The summed E-state index contributed by atoms with van der Waals surface area (Å²) in [6.45, 7) is 3.76. The van der Waals surface area contributed by atoms with Gasteiger partial charge in [-0.2, -0.15) is 0 Å². The van der Waals surface area contributed by atoms with Crippen LogP contribution < -0.4 is 0 Å². The quantitative estimate of drug-likeness (QED) is 0.394. The number of rotatable bonds is 7. The average molecular weight is 520 g/mol. The van der Waals surface area contributed by atoms with E-state index in [1.54, 1.807) is 0 Å². The minimum absolute atomic E-state index is 0.0566. The van der Waals surface area contributed by atoms with E-state index in [1.165, 1.54) is 18.2 Å². The summed E-state index contributed by atoms with van der Waals surface area (Å²) in [4.78, 5) is 72.7. The molecule has 1 aromatic rings. The van der Waals surface area contributed by atoms with Crippen molar-refractivity contribution in [2.75, 3.05) is 6.61 Å². The third kappa shape index (κ3) is 6.30. The van der Waals surface area contributed by atoms with Crippen LogP contribution in [0, 0.1) is 0 Å². The summed E-state index contributed by atoms with van der Waals surface area (Å²) in [5, 5.41) is 10.2. The third-order valence-electron chi connectivity index (χ3n) is 5.21. The minimum atomic E-state index is -1.71.